The summed E-state index contributed by atoms with van der Waals surface area (Å²) in [5.41, 5.74) is 1.39. The number of aliphatic hydroxyl groups is 1. The fourth-order valence-corrected chi connectivity index (χ4v) is 3.10. The normalized spacial score (nSPS) is 17.9. The molecule has 2 heterocycles. The fourth-order valence-electron chi connectivity index (χ4n) is 3.10. The first kappa shape index (κ1) is 20.9. The lowest BCUT2D eigenvalue weighted by molar-refractivity contribution is -0.126. The molecule has 0 spiro atoms. The van der Waals surface area contributed by atoms with E-state index < -0.39 is 0 Å². The molecular weight excluding hydrogens is 352 g/mol. The van der Waals surface area contributed by atoms with E-state index in [-0.39, 0.29) is 30.8 Å². The number of imidazole rings is 1. The highest BCUT2D eigenvalue weighted by Crippen LogP contribution is 2.28. The number of aliphatic hydroxyl groups excluding tert-OH is 1. The molecule has 9 nitrogen and oxygen atoms in total. The molecular formula is C18H28N4O5. The van der Waals surface area contributed by atoms with Crippen molar-refractivity contribution >= 4 is 18.3 Å². The molecule has 1 aromatic heterocycles. The zero-order chi connectivity index (χ0) is 19.6. The molecule has 1 unspecified atom stereocenters. The molecule has 27 heavy (non-hydrogen) atoms. The first-order chi connectivity index (χ1) is 13.1. The van der Waals surface area contributed by atoms with Gasteiger partial charge in [0.15, 0.2) is 0 Å². The molecule has 1 fully saturated rings. The predicted octanol–water partition coefficient (Wildman–Crippen LogP) is 0.175. The van der Waals surface area contributed by atoms with E-state index in [4.69, 9.17) is 15.0 Å². The minimum atomic E-state index is -0.250. The molecule has 150 valence electrons. The van der Waals surface area contributed by atoms with E-state index in [1.54, 1.807) is 6.33 Å². The number of nitrogens with zero attached hydrogens (tertiary/aromatic N) is 2. The van der Waals surface area contributed by atoms with Crippen molar-refractivity contribution in [3.05, 3.63) is 17.7 Å². The van der Waals surface area contributed by atoms with Crippen LogP contribution in [0.1, 0.15) is 48.3 Å². The largest absolute Gasteiger partial charge is 0.483 e. The van der Waals surface area contributed by atoms with Crippen LogP contribution < -0.4 is 10.6 Å². The Kier molecular flexibility index (Phi) is 8.25. The molecule has 1 saturated carbocycles. The van der Waals surface area contributed by atoms with Crippen molar-refractivity contribution in [2.75, 3.05) is 19.7 Å². The van der Waals surface area contributed by atoms with Crippen molar-refractivity contribution < 1.29 is 24.6 Å². The van der Waals surface area contributed by atoms with Gasteiger partial charge < -0.3 is 25.4 Å². The fraction of sp³-hybridized carbons (Fsp3) is 0.667. The molecule has 9 heteroatoms. The summed E-state index contributed by atoms with van der Waals surface area (Å²) in [5, 5.41) is 21.5. The monoisotopic (exact) mass is 380 g/mol. The quantitative estimate of drug-likeness (QED) is 0.375. The zero-order valence-corrected chi connectivity index (χ0v) is 15.4. The van der Waals surface area contributed by atoms with Crippen LogP contribution in [-0.2, 0) is 22.6 Å². The molecule has 2 aliphatic rings. The Morgan fingerprint density at radius 3 is 2.67 bits per heavy atom. The van der Waals surface area contributed by atoms with E-state index >= 15 is 0 Å². The number of fused-ring (bicyclic) bond motifs is 1. The average Bonchev–Trinajstić information content (AvgIpc) is 3.40. The Labute approximate surface area is 158 Å². The van der Waals surface area contributed by atoms with Crippen LogP contribution in [0, 0.1) is 11.8 Å². The molecule has 4 N–H and O–H groups in total. The van der Waals surface area contributed by atoms with Crippen LogP contribution in [0.3, 0.4) is 0 Å². The number of carboxylic acid groups (broad SMARTS) is 1. The number of unbranched alkanes of at least 4 members (excludes halogenated alkanes) is 1. The maximum Gasteiger partial charge on any atom is 0.290 e. The summed E-state index contributed by atoms with van der Waals surface area (Å²) in [6.07, 6.45) is 7.01. The van der Waals surface area contributed by atoms with Gasteiger partial charge in [-0.15, -0.1) is 0 Å². The second-order valence-electron chi connectivity index (χ2n) is 6.91. The first-order valence-electron chi connectivity index (χ1n) is 9.39. The topological polar surface area (TPSA) is 134 Å². The Bertz CT molecular complexity index is 642. The SMILES string of the molecule is O=C(NCCCCO)c1ncn2c1CCC(C(=O)NCC1CC1)C2.O=CO. The van der Waals surface area contributed by atoms with Crippen LogP contribution in [0.5, 0.6) is 0 Å². The standard InChI is InChI=1S/C17H26N4O3.CH2O2/c22-8-2-1-7-18-17(24)15-14-6-5-13(10-21(14)11-20-15)16(23)19-9-12-3-4-12;2-1-3/h11-13,22H,1-10H2,(H,18,24)(H,19,23);1H,(H,2,3). The van der Waals surface area contributed by atoms with Crippen LogP contribution in [-0.4, -0.2) is 57.7 Å². The van der Waals surface area contributed by atoms with Crippen molar-refractivity contribution in [2.24, 2.45) is 11.8 Å². The maximum atomic E-state index is 12.2. The van der Waals surface area contributed by atoms with Gasteiger partial charge in [0.25, 0.3) is 12.4 Å². The van der Waals surface area contributed by atoms with Gasteiger partial charge >= 0.3 is 0 Å². The van der Waals surface area contributed by atoms with Gasteiger partial charge in [-0.1, -0.05) is 0 Å². The molecule has 1 aliphatic carbocycles. The van der Waals surface area contributed by atoms with Crippen LogP contribution in [0.2, 0.25) is 0 Å². The van der Waals surface area contributed by atoms with E-state index in [0.29, 0.717) is 37.5 Å². The average molecular weight is 380 g/mol. The van der Waals surface area contributed by atoms with Crippen molar-refractivity contribution in [2.45, 2.75) is 45.1 Å². The van der Waals surface area contributed by atoms with Gasteiger partial charge in [-0.2, -0.15) is 0 Å². The van der Waals surface area contributed by atoms with E-state index in [1.807, 2.05) is 4.57 Å². The number of hydrogen-bond acceptors (Lipinski definition) is 5. The molecule has 1 aromatic rings. The van der Waals surface area contributed by atoms with Gasteiger partial charge in [-0.05, 0) is 44.4 Å². The Morgan fingerprint density at radius 1 is 1.26 bits per heavy atom. The molecule has 1 aliphatic heterocycles. The lowest BCUT2D eigenvalue weighted by Crippen LogP contribution is -2.37. The Hall–Kier alpha value is -2.42. The summed E-state index contributed by atoms with van der Waals surface area (Å²) in [4.78, 5) is 37.1. The summed E-state index contributed by atoms with van der Waals surface area (Å²) in [6.45, 7) is 1.82. The van der Waals surface area contributed by atoms with E-state index in [1.165, 1.54) is 12.8 Å². The summed E-state index contributed by atoms with van der Waals surface area (Å²) in [6, 6.07) is 0. The minimum absolute atomic E-state index is 0.0362. The highest BCUT2D eigenvalue weighted by Gasteiger charge is 2.29. The van der Waals surface area contributed by atoms with Gasteiger partial charge in [-0.3, -0.25) is 14.4 Å². The molecule has 0 bridgehead atoms. The lowest BCUT2D eigenvalue weighted by atomic mass is 9.96. The third-order valence-electron chi connectivity index (χ3n) is 4.81. The summed E-state index contributed by atoms with van der Waals surface area (Å²) >= 11 is 0. The van der Waals surface area contributed by atoms with Gasteiger partial charge in [0.05, 0.1) is 17.9 Å². The third-order valence-corrected chi connectivity index (χ3v) is 4.81. The minimum Gasteiger partial charge on any atom is -0.483 e. The van der Waals surface area contributed by atoms with Gasteiger partial charge in [0.2, 0.25) is 5.91 Å². The molecule has 3 rings (SSSR count). The second-order valence-corrected chi connectivity index (χ2v) is 6.91. The van der Waals surface area contributed by atoms with Crippen molar-refractivity contribution in [3.8, 4) is 0 Å². The van der Waals surface area contributed by atoms with Crippen LogP contribution in [0.25, 0.3) is 0 Å². The van der Waals surface area contributed by atoms with E-state index in [0.717, 1.165) is 25.1 Å². The number of carbonyl (C=O) groups is 3. The van der Waals surface area contributed by atoms with Gasteiger partial charge in [-0.25, -0.2) is 4.98 Å². The van der Waals surface area contributed by atoms with E-state index in [9.17, 15) is 9.59 Å². The van der Waals surface area contributed by atoms with Crippen LogP contribution >= 0.6 is 0 Å². The highest BCUT2D eigenvalue weighted by molar-refractivity contribution is 5.93. The zero-order valence-electron chi connectivity index (χ0n) is 15.4. The number of aromatic nitrogens is 2. The third kappa shape index (κ3) is 6.35. The molecule has 0 radical (unpaired) electrons. The summed E-state index contributed by atoms with van der Waals surface area (Å²) in [7, 11) is 0. The smallest absolute Gasteiger partial charge is 0.290 e. The highest BCUT2D eigenvalue weighted by atomic mass is 16.3. The van der Waals surface area contributed by atoms with Crippen molar-refractivity contribution in [1.29, 1.82) is 0 Å². The van der Waals surface area contributed by atoms with Crippen molar-refractivity contribution in [1.82, 2.24) is 20.2 Å². The molecule has 1 atom stereocenters. The van der Waals surface area contributed by atoms with Crippen molar-refractivity contribution in [3.63, 3.8) is 0 Å². The summed E-state index contributed by atoms with van der Waals surface area (Å²) in [5.74, 6) is 0.600. The molecule has 0 aromatic carbocycles. The lowest BCUT2D eigenvalue weighted by Gasteiger charge is -2.24. The first-order valence-corrected chi connectivity index (χ1v) is 9.39. The number of carbonyl (C=O) groups excluding carboxylic acids is 2. The molecule has 2 amide bonds. The number of nitrogens with one attached hydrogen (secondary N) is 2. The Balaban J connectivity index is 0.000000817. The van der Waals surface area contributed by atoms with E-state index in [2.05, 4.69) is 15.6 Å². The number of amides is 2. The molecule has 0 saturated heterocycles. The number of hydrogen-bond donors (Lipinski definition) is 4. The van der Waals surface area contributed by atoms with Gasteiger partial charge in [0, 0.05) is 26.2 Å². The summed E-state index contributed by atoms with van der Waals surface area (Å²) < 4.78 is 1.94. The predicted molar refractivity (Wildman–Crippen MR) is 97.1 cm³/mol. The number of rotatable bonds is 8. The van der Waals surface area contributed by atoms with Crippen LogP contribution in [0.4, 0.5) is 0 Å². The Morgan fingerprint density at radius 2 is 2.00 bits per heavy atom. The second kappa shape index (κ2) is 10.7. The van der Waals surface area contributed by atoms with Crippen LogP contribution in [0.15, 0.2) is 6.33 Å². The maximum absolute atomic E-state index is 12.2. The van der Waals surface area contributed by atoms with Gasteiger partial charge in [0.1, 0.15) is 5.69 Å².